The summed E-state index contributed by atoms with van der Waals surface area (Å²) in [5, 5.41) is 7.40. The van der Waals surface area contributed by atoms with E-state index in [2.05, 4.69) is 10.2 Å². The molecule has 1 N–H and O–H groups in total. The van der Waals surface area contributed by atoms with Gasteiger partial charge in [-0.2, -0.15) is 5.10 Å². The van der Waals surface area contributed by atoms with Crippen LogP contribution in [0.4, 0.5) is 5.69 Å². The summed E-state index contributed by atoms with van der Waals surface area (Å²) in [6.07, 6.45) is 2.83. The Kier molecular flexibility index (Phi) is 2.39. The Morgan fingerprint density at radius 2 is 2.22 bits per heavy atom. The molecule has 2 heterocycles. The average Bonchev–Trinajstić information content (AvgIpc) is 2.74. The van der Waals surface area contributed by atoms with E-state index >= 15 is 0 Å². The van der Waals surface area contributed by atoms with Crippen LogP contribution in [0.1, 0.15) is 5.56 Å². The molecular weight excluding hydrogens is 274 g/mol. The molecule has 2 aromatic rings. The third-order valence-corrected chi connectivity index (χ3v) is 4.29. The molecule has 0 unspecified atom stereocenters. The molecule has 18 heavy (non-hydrogen) atoms. The highest BCUT2D eigenvalue weighted by molar-refractivity contribution is 7.92. The minimum Gasteiger partial charge on any atom is -0.277 e. The van der Waals surface area contributed by atoms with Gasteiger partial charge in [0.15, 0.2) is 0 Å². The number of rotatable bonds is 1. The summed E-state index contributed by atoms with van der Waals surface area (Å²) in [4.78, 5) is 0. The predicted molar refractivity (Wildman–Crippen MR) is 70.1 cm³/mol. The van der Waals surface area contributed by atoms with Gasteiger partial charge in [0.2, 0.25) is 10.0 Å². The molecule has 0 saturated heterocycles. The van der Waals surface area contributed by atoms with E-state index < -0.39 is 10.0 Å². The molecule has 1 aromatic carbocycles. The molecule has 1 aliphatic heterocycles. The molecule has 1 aromatic heterocycles. The molecule has 0 spiro atoms. The summed E-state index contributed by atoms with van der Waals surface area (Å²) in [5.74, 6) is 0. The van der Waals surface area contributed by atoms with Crippen molar-refractivity contribution in [2.75, 3.05) is 10.6 Å². The molecule has 5 nitrogen and oxygen atoms in total. The average molecular weight is 284 g/mol. The minimum atomic E-state index is -3.32. The lowest BCUT2D eigenvalue weighted by atomic mass is 10.0. The van der Waals surface area contributed by atoms with Crippen molar-refractivity contribution < 1.29 is 8.42 Å². The van der Waals surface area contributed by atoms with Crippen LogP contribution in [0.15, 0.2) is 24.4 Å². The van der Waals surface area contributed by atoms with Gasteiger partial charge in [0, 0.05) is 16.1 Å². The largest absolute Gasteiger partial charge is 0.277 e. The second-order valence-electron chi connectivity index (χ2n) is 4.20. The highest BCUT2D eigenvalue weighted by atomic mass is 35.5. The van der Waals surface area contributed by atoms with Gasteiger partial charge >= 0.3 is 0 Å². The lowest BCUT2D eigenvalue weighted by Crippen LogP contribution is -2.31. The van der Waals surface area contributed by atoms with Gasteiger partial charge in [-0.15, -0.1) is 0 Å². The fraction of sp³-hybridized carbons (Fsp3) is 0.182. The molecule has 0 amide bonds. The van der Waals surface area contributed by atoms with Crippen LogP contribution in [0.2, 0.25) is 5.02 Å². The molecule has 7 heteroatoms. The third kappa shape index (κ3) is 1.69. The van der Waals surface area contributed by atoms with Gasteiger partial charge in [-0.1, -0.05) is 11.6 Å². The number of benzene rings is 1. The normalized spacial score (nSPS) is 14.2. The molecule has 1 aliphatic rings. The van der Waals surface area contributed by atoms with Gasteiger partial charge in [0.1, 0.15) is 0 Å². The molecular formula is C11H10ClN3O2S. The first-order chi connectivity index (χ1) is 8.47. The quantitative estimate of drug-likeness (QED) is 0.870. The number of hydrogen-bond acceptors (Lipinski definition) is 3. The Bertz CT molecular complexity index is 724. The lowest BCUT2D eigenvalue weighted by molar-refractivity contribution is 0.596. The number of hydrogen-bond donors (Lipinski definition) is 1. The van der Waals surface area contributed by atoms with E-state index in [9.17, 15) is 8.42 Å². The second-order valence-corrected chi connectivity index (χ2v) is 6.54. The monoisotopic (exact) mass is 283 g/mol. The van der Waals surface area contributed by atoms with Crippen LogP contribution in [-0.4, -0.2) is 24.9 Å². The lowest BCUT2D eigenvalue weighted by Gasteiger charge is -2.28. The number of H-pyrrole nitrogens is 1. The highest BCUT2D eigenvalue weighted by Gasteiger charge is 2.28. The fourth-order valence-corrected chi connectivity index (χ4v) is 3.19. The van der Waals surface area contributed by atoms with Gasteiger partial charge < -0.3 is 0 Å². The van der Waals surface area contributed by atoms with Crippen LogP contribution in [0.25, 0.3) is 11.3 Å². The number of halogens is 1. The molecule has 0 radical (unpaired) electrons. The molecule has 0 saturated carbocycles. The van der Waals surface area contributed by atoms with Crippen molar-refractivity contribution in [2.24, 2.45) is 0 Å². The third-order valence-electron chi connectivity index (χ3n) is 2.93. The zero-order valence-electron chi connectivity index (χ0n) is 9.51. The van der Waals surface area contributed by atoms with E-state index in [0.29, 0.717) is 17.3 Å². The van der Waals surface area contributed by atoms with Gasteiger partial charge in [0.05, 0.1) is 30.4 Å². The molecule has 0 aliphatic carbocycles. The number of sulfonamides is 1. The Morgan fingerprint density at radius 1 is 1.44 bits per heavy atom. The number of aromatic amines is 1. The molecule has 0 fully saturated rings. The number of nitrogens with one attached hydrogen (secondary N) is 1. The van der Waals surface area contributed by atoms with Gasteiger partial charge in [-0.3, -0.25) is 9.40 Å². The molecule has 0 bridgehead atoms. The summed E-state index contributed by atoms with van der Waals surface area (Å²) < 4.78 is 25.0. The first-order valence-electron chi connectivity index (χ1n) is 5.27. The zero-order chi connectivity index (χ0) is 12.9. The SMILES string of the molecule is CS(=O)(=O)N1Cc2cn[nH]c2-c2cc(Cl)ccc21. The maximum absolute atomic E-state index is 11.8. The summed E-state index contributed by atoms with van der Waals surface area (Å²) in [6.45, 7) is 0.291. The minimum absolute atomic E-state index is 0.291. The van der Waals surface area contributed by atoms with Crippen molar-refractivity contribution in [3.63, 3.8) is 0 Å². The number of fused-ring (bicyclic) bond motifs is 3. The van der Waals surface area contributed by atoms with E-state index in [1.807, 2.05) is 0 Å². The van der Waals surface area contributed by atoms with Gasteiger partial charge in [0.25, 0.3) is 0 Å². The number of nitrogens with zero attached hydrogens (tertiary/aromatic N) is 2. The summed E-state index contributed by atoms with van der Waals surface area (Å²) in [5.41, 5.74) is 3.05. The molecule has 3 rings (SSSR count). The van der Waals surface area contributed by atoms with E-state index in [1.165, 1.54) is 10.6 Å². The summed E-state index contributed by atoms with van der Waals surface area (Å²) in [6, 6.07) is 5.13. The molecule has 94 valence electrons. The van der Waals surface area contributed by atoms with Crippen LogP contribution >= 0.6 is 11.6 Å². The van der Waals surface area contributed by atoms with Crippen molar-refractivity contribution in [1.82, 2.24) is 10.2 Å². The van der Waals surface area contributed by atoms with Crippen LogP contribution < -0.4 is 4.31 Å². The van der Waals surface area contributed by atoms with Crippen LogP contribution in [0.5, 0.6) is 0 Å². The van der Waals surface area contributed by atoms with Gasteiger partial charge in [-0.05, 0) is 18.2 Å². The Balaban J connectivity index is 2.30. The van der Waals surface area contributed by atoms with Gasteiger partial charge in [-0.25, -0.2) is 8.42 Å². The Labute approximate surface area is 109 Å². The highest BCUT2D eigenvalue weighted by Crippen LogP contribution is 2.40. The number of aromatic nitrogens is 2. The maximum Gasteiger partial charge on any atom is 0.232 e. The first kappa shape index (κ1) is 11.6. The van der Waals surface area contributed by atoms with Crippen LogP contribution in [0, 0.1) is 0 Å². The van der Waals surface area contributed by atoms with Crippen LogP contribution in [-0.2, 0) is 16.6 Å². The van der Waals surface area contributed by atoms with E-state index in [-0.39, 0.29) is 0 Å². The second kappa shape index (κ2) is 3.73. The predicted octanol–water partition coefficient (Wildman–Crippen LogP) is 2.01. The van der Waals surface area contributed by atoms with Crippen molar-refractivity contribution in [3.8, 4) is 11.3 Å². The maximum atomic E-state index is 11.8. The Morgan fingerprint density at radius 3 is 2.94 bits per heavy atom. The summed E-state index contributed by atoms with van der Waals surface area (Å²) in [7, 11) is -3.32. The topological polar surface area (TPSA) is 66.1 Å². The Hall–Kier alpha value is -1.53. The van der Waals surface area contributed by atoms with Crippen molar-refractivity contribution in [1.29, 1.82) is 0 Å². The first-order valence-corrected chi connectivity index (χ1v) is 7.49. The molecule has 0 atom stereocenters. The van der Waals surface area contributed by atoms with E-state index in [0.717, 1.165) is 16.8 Å². The van der Waals surface area contributed by atoms with E-state index in [1.54, 1.807) is 24.4 Å². The summed E-state index contributed by atoms with van der Waals surface area (Å²) >= 11 is 5.97. The van der Waals surface area contributed by atoms with Crippen molar-refractivity contribution in [3.05, 3.63) is 35.0 Å². The number of anilines is 1. The standard InChI is InChI=1S/C11H10ClN3O2S/c1-18(16,17)15-6-7-5-13-14-11(7)9-4-8(12)2-3-10(9)15/h2-5H,6H2,1H3,(H,13,14). The smallest absolute Gasteiger partial charge is 0.232 e. The zero-order valence-corrected chi connectivity index (χ0v) is 11.1. The van der Waals surface area contributed by atoms with E-state index in [4.69, 9.17) is 11.6 Å². The fourth-order valence-electron chi connectivity index (χ4n) is 2.13. The van der Waals surface area contributed by atoms with Crippen molar-refractivity contribution >= 4 is 27.3 Å². The van der Waals surface area contributed by atoms with Crippen LogP contribution in [0.3, 0.4) is 0 Å². The van der Waals surface area contributed by atoms with Crippen molar-refractivity contribution in [2.45, 2.75) is 6.54 Å².